The molecule has 3 aromatic rings. The van der Waals surface area contributed by atoms with Gasteiger partial charge in [0, 0.05) is 41.8 Å². The number of amides is 1. The number of sulfonamides is 1. The van der Waals surface area contributed by atoms with Crippen molar-refractivity contribution in [1.29, 1.82) is 0 Å². The minimum absolute atomic E-state index is 0.0572. The van der Waals surface area contributed by atoms with Crippen LogP contribution in [-0.2, 0) is 27.8 Å². The molecule has 0 atom stereocenters. The summed E-state index contributed by atoms with van der Waals surface area (Å²) in [5.74, 6) is 0.636. The summed E-state index contributed by atoms with van der Waals surface area (Å²) in [6, 6.07) is 14.1. The fraction of sp³-hybridized carbons (Fsp3) is 0.348. The number of hydrogen-bond acceptors (Lipinski definition) is 3. The standard InChI is InChI=1S/C23H28ClN3O3S/c1-3-26(4-2)23(28)17-27-15-13-19-16-20(9-12-22(19)27)25-31(29,30)21-10-7-18(8-11-21)6-5-14-24/h7-13,15-16,25H,3-6,14,17H2,1-2H3. The number of nitrogens with zero attached hydrogens (tertiary/aromatic N) is 2. The summed E-state index contributed by atoms with van der Waals surface area (Å²) in [6.45, 7) is 5.52. The molecule has 0 fully saturated rings. The maximum atomic E-state index is 12.8. The second-order valence-electron chi connectivity index (χ2n) is 7.33. The lowest BCUT2D eigenvalue weighted by Gasteiger charge is -2.19. The quantitative estimate of drug-likeness (QED) is 0.452. The molecule has 31 heavy (non-hydrogen) atoms. The van der Waals surface area contributed by atoms with Crippen molar-refractivity contribution >= 4 is 44.1 Å². The molecule has 1 N–H and O–H groups in total. The molecule has 0 spiro atoms. The van der Waals surface area contributed by atoms with Gasteiger partial charge in [-0.3, -0.25) is 9.52 Å². The summed E-state index contributed by atoms with van der Waals surface area (Å²) in [7, 11) is -3.69. The first kappa shape index (κ1) is 23.2. The lowest BCUT2D eigenvalue weighted by atomic mass is 10.1. The smallest absolute Gasteiger partial charge is 0.261 e. The van der Waals surface area contributed by atoms with Crippen molar-refractivity contribution < 1.29 is 13.2 Å². The molecule has 0 aliphatic rings. The Morgan fingerprint density at radius 3 is 2.42 bits per heavy atom. The Bertz CT molecular complexity index is 1140. The van der Waals surface area contributed by atoms with Gasteiger partial charge in [0.05, 0.1) is 4.90 Å². The molecule has 1 amide bonds. The number of carbonyl (C=O) groups is 1. The molecule has 1 heterocycles. The van der Waals surface area contributed by atoms with Gasteiger partial charge < -0.3 is 9.47 Å². The molecule has 2 aromatic carbocycles. The molecule has 0 radical (unpaired) electrons. The molecule has 0 saturated carbocycles. The van der Waals surface area contributed by atoms with Crippen molar-refractivity contribution in [2.45, 2.75) is 38.1 Å². The minimum atomic E-state index is -3.69. The van der Waals surface area contributed by atoms with E-state index in [-0.39, 0.29) is 17.3 Å². The van der Waals surface area contributed by atoms with Crippen LogP contribution in [0.15, 0.2) is 59.6 Å². The Labute approximate surface area is 188 Å². The Morgan fingerprint density at radius 1 is 1.06 bits per heavy atom. The number of aryl methyl sites for hydroxylation is 1. The number of likely N-dealkylation sites (N-methyl/N-ethyl adjacent to an activating group) is 1. The van der Waals surface area contributed by atoms with E-state index in [2.05, 4.69) is 4.72 Å². The van der Waals surface area contributed by atoms with E-state index < -0.39 is 10.0 Å². The normalized spacial score (nSPS) is 11.6. The zero-order valence-corrected chi connectivity index (χ0v) is 19.4. The second kappa shape index (κ2) is 10.2. The van der Waals surface area contributed by atoms with Crippen LogP contribution in [0, 0.1) is 0 Å². The van der Waals surface area contributed by atoms with Gasteiger partial charge >= 0.3 is 0 Å². The van der Waals surface area contributed by atoms with Crippen molar-refractivity contribution in [3.8, 4) is 0 Å². The van der Waals surface area contributed by atoms with E-state index in [0.29, 0.717) is 24.7 Å². The van der Waals surface area contributed by atoms with E-state index in [0.717, 1.165) is 29.3 Å². The molecule has 166 valence electrons. The van der Waals surface area contributed by atoms with Crippen LogP contribution in [0.2, 0.25) is 0 Å². The Hall–Kier alpha value is -2.51. The third-order valence-electron chi connectivity index (χ3n) is 5.28. The number of benzene rings is 2. The zero-order chi connectivity index (χ0) is 22.4. The fourth-order valence-corrected chi connectivity index (χ4v) is 4.73. The Balaban J connectivity index is 1.75. The van der Waals surface area contributed by atoms with E-state index in [9.17, 15) is 13.2 Å². The maximum Gasteiger partial charge on any atom is 0.261 e. The van der Waals surface area contributed by atoms with Gasteiger partial charge in [-0.2, -0.15) is 0 Å². The molecule has 0 saturated heterocycles. The van der Waals surface area contributed by atoms with Crippen LogP contribution in [0.1, 0.15) is 25.8 Å². The first-order valence-corrected chi connectivity index (χ1v) is 12.4. The monoisotopic (exact) mass is 461 g/mol. The number of fused-ring (bicyclic) bond motifs is 1. The van der Waals surface area contributed by atoms with Gasteiger partial charge in [-0.05, 0) is 68.7 Å². The van der Waals surface area contributed by atoms with Crippen molar-refractivity contribution in [3.05, 3.63) is 60.3 Å². The largest absolute Gasteiger partial charge is 0.342 e. The maximum absolute atomic E-state index is 12.8. The average Bonchev–Trinajstić information content (AvgIpc) is 3.15. The van der Waals surface area contributed by atoms with Crippen molar-refractivity contribution in [3.63, 3.8) is 0 Å². The number of hydrogen-bond donors (Lipinski definition) is 1. The van der Waals surface area contributed by atoms with Crippen LogP contribution in [0.4, 0.5) is 5.69 Å². The van der Waals surface area contributed by atoms with Crippen LogP contribution >= 0.6 is 11.6 Å². The minimum Gasteiger partial charge on any atom is -0.342 e. The third-order valence-corrected chi connectivity index (χ3v) is 6.94. The molecule has 0 aliphatic carbocycles. The molecule has 8 heteroatoms. The van der Waals surface area contributed by atoms with Gasteiger partial charge in [0.2, 0.25) is 5.91 Å². The van der Waals surface area contributed by atoms with E-state index in [1.54, 1.807) is 29.2 Å². The van der Waals surface area contributed by atoms with Crippen molar-refractivity contribution in [2.75, 3.05) is 23.7 Å². The van der Waals surface area contributed by atoms with Crippen molar-refractivity contribution in [1.82, 2.24) is 9.47 Å². The Kier molecular flexibility index (Phi) is 7.62. The van der Waals surface area contributed by atoms with Gasteiger partial charge in [0.15, 0.2) is 0 Å². The van der Waals surface area contributed by atoms with E-state index in [4.69, 9.17) is 11.6 Å². The molecule has 3 rings (SSSR count). The number of nitrogens with one attached hydrogen (secondary N) is 1. The number of alkyl halides is 1. The highest BCUT2D eigenvalue weighted by atomic mass is 35.5. The molecular weight excluding hydrogens is 434 g/mol. The fourth-order valence-electron chi connectivity index (χ4n) is 3.54. The summed E-state index contributed by atoms with van der Waals surface area (Å²) >= 11 is 5.71. The van der Waals surface area contributed by atoms with Gasteiger partial charge in [-0.15, -0.1) is 11.6 Å². The van der Waals surface area contributed by atoms with Crippen LogP contribution in [-0.4, -0.2) is 42.8 Å². The molecule has 0 bridgehead atoms. The number of rotatable bonds is 10. The molecule has 0 unspecified atom stereocenters. The number of carbonyl (C=O) groups excluding carboxylic acids is 1. The summed E-state index contributed by atoms with van der Waals surface area (Å²) < 4.78 is 30.1. The first-order chi connectivity index (χ1) is 14.9. The first-order valence-electron chi connectivity index (χ1n) is 10.4. The highest BCUT2D eigenvalue weighted by Crippen LogP contribution is 2.23. The van der Waals surface area contributed by atoms with Gasteiger partial charge in [0.1, 0.15) is 6.54 Å². The van der Waals surface area contributed by atoms with E-state index >= 15 is 0 Å². The summed E-state index contributed by atoms with van der Waals surface area (Å²) in [4.78, 5) is 14.4. The van der Waals surface area contributed by atoms with Crippen LogP contribution < -0.4 is 4.72 Å². The molecular formula is C23H28ClN3O3S. The lowest BCUT2D eigenvalue weighted by Crippen LogP contribution is -2.33. The number of halogens is 1. The van der Waals surface area contributed by atoms with Gasteiger partial charge in [-0.1, -0.05) is 12.1 Å². The van der Waals surface area contributed by atoms with Gasteiger partial charge in [0.25, 0.3) is 10.0 Å². The van der Waals surface area contributed by atoms with Gasteiger partial charge in [-0.25, -0.2) is 8.42 Å². The third kappa shape index (κ3) is 5.60. The average molecular weight is 462 g/mol. The molecule has 1 aromatic heterocycles. The molecule has 6 nitrogen and oxygen atoms in total. The summed E-state index contributed by atoms with van der Waals surface area (Å²) in [5, 5.41) is 0.865. The predicted octanol–water partition coefficient (Wildman–Crippen LogP) is 4.48. The molecule has 0 aliphatic heterocycles. The summed E-state index contributed by atoms with van der Waals surface area (Å²) in [6.07, 6.45) is 3.53. The second-order valence-corrected chi connectivity index (χ2v) is 9.39. The van der Waals surface area contributed by atoms with E-state index in [1.807, 2.05) is 48.9 Å². The van der Waals surface area contributed by atoms with Crippen molar-refractivity contribution in [2.24, 2.45) is 0 Å². The SMILES string of the molecule is CCN(CC)C(=O)Cn1ccc2cc(NS(=O)(=O)c3ccc(CCCCl)cc3)ccc21. The zero-order valence-electron chi connectivity index (χ0n) is 17.8. The van der Waals surface area contributed by atoms with Crippen LogP contribution in [0.3, 0.4) is 0 Å². The highest BCUT2D eigenvalue weighted by Gasteiger charge is 2.16. The number of aromatic nitrogens is 1. The summed E-state index contributed by atoms with van der Waals surface area (Å²) in [5.41, 5.74) is 2.42. The predicted molar refractivity (Wildman–Crippen MR) is 126 cm³/mol. The Morgan fingerprint density at radius 2 is 1.77 bits per heavy atom. The highest BCUT2D eigenvalue weighted by molar-refractivity contribution is 7.92. The van der Waals surface area contributed by atoms with Crippen LogP contribution in [0.5, 0.6) is 0 Å². The van der Waals surface area contributed by atoms with E-state index in [1.165, 1.54) is 0 Å². The lowest BCUT2D eigenvalue weighted by molar-refractivity contribution is -0.131. The van der Waals surface area contributed by atoms with Crippen LogP contribution in [0.25, 0.3) is 10.9 Å². The topological polar surface area (TPSA) is 71.4 Å². The number of anilines is 1.